The fourth-order valence-corrected chi connectivity index (χ4v) is 4.83. The molecule has 4 rings (SSSR count). The number of carbonyl (C=O) groups is 1. The van der Waals surface area contributed by atoms with Gasteiger partial charge in [0.25, 0.3) is 5.56 Å². The molecule has 1 atom stereocenters. The van der Waals surface area contributed by atoms with Crippen LogP contribution >= 0.6 is 11.8 Å². The number of fused-ring (bicyclic) bond motifs is 1. The largest absolute Gasteiger partial charge is 0.339 e. The molecular formula is C23H27N5O2S. The lowest BCUT2D eigenvalue weighted by atomic mass is 10.2. The Morgan fingerprint density at radius 2 is 1.87 bits per heavy atom. The summed E-state index contributed by atoms with van der Waals surface area (Å²) in [5, 5.41) is 0.654. The fourth-order valence-electron chi connectivity index (χ4n) is 3.84. The molecule has 2 aromatic heterocycles. The van der Waals surface area contributed by atoms with E-state index in [0.29, 0.717) is 21.9 Å². The molecule has 1 aromatic carbocycles. The molecule has 1 aliphatic rings. The zero-order valence-electron chi connectivity index (χ0n) is 18.1. The van der Waals surface area contributed by atoms with Gasteiger partial charge in [0.2, 0.25) is 5.91 Å². The fraction of sp³-hybridized carbons (Fsp3) is 0.391. The van der Waals surface area contributed by atoms with Gasteiger partial charge < -0.3 is 9.80 Å². The quantitative estimate of drug-likeness (QED) is 0.452. The van der Waals surface area contributed by atoms with Gasteiger partial charge in [-0.1, -0.05) is 36.9 Å². The Hall–Kier alpha value is -2.71. The summed E-state index contributed by atoms with van der Waals surface area (Å²) in [5.74, 6) is 0.622. The number of piperazine rings is 1. The summed E-state index contributed by atoms with van der Waals surface area (Å²) in [6.07, 6.45) is 1.67. The van der Waals surface area contributed by atoms with Crippen LogP contribution in [0, 0.1) is 6.92 Å². The van der Waals surface area contributed by atoms with Gasteiger partial charge in [-0.05, 0) is 44.2 Å². The smallest absolute Gasteiger partial charge is 0.267 e. The van der Waals surface area contributed by atoms with Crippen molar-refractivity contribution in [2.24, 2.45) is 0 Å². The van der Waals surface area contributed by atoms with E-state index in [9.17, 15) is 9.59 Å². The van der Waals surface area contributed by atoms with Crippen LogP contribution in [0.3, 0.4) is 0 Å². The van der Waals surface area contributed by atoms with Gasteiger partial charge in [-0.15, -0.1) is 0 Å². The summed E-state index contributed by atoms with van der Waals surface area (Å²) in [7, 11) is 0. The van der Waals surface area contributed by atoms with Crippen molar-refractivity contribution in [3.63, 3.8) is 0 Å². The van der Waals surface area contributed by atoms with Crippen molar-refractivity contribution in [2.75, 3.05) is 32.7 Å². The van der Waals surface area contributed by atoms with E-state index in [1.165, 1.54) is 11.8 Å². The Balaban J connectivity index is 1.70. The number of rotatable bonds is 5. The van der Waals surface area contributed by atoms with Crippen LogP contribution in [0.25, 0.3) is 16.7 Å². The molecule has 0 saturated carbocycles. The number of thioether (sulfide) groups is 1. The highest BCUT2D eigenvalue weighted by Crippen LogP contribution is 2.26. The van der Waals surface area contributed by atoms with Crippen LogP contribution < -0.4 is 5.56 Å². The third kappa shape index (κ3) is 4.36. The minimum atomic E-state index is -0.364. The van der Waals surface area contributed by atoms with Gasteiger partial charge in [0.05, 0.1) is 16.2 Å². The number of hydrogen-bond acceptors (Lipinski definition) is 6. The first-order valence-corrected chi connectivity index (χ1v) is 11.5. The van der Waals surface area contributed by atoms with E-state index in [1.807, 2.05) is 49.1 Å². The van der Waals surface area contributed by atoms with Crippen LogP contribution in [0.2, 0.25) is 0 Å². The molecule has 0 N–H and O–H groups in total. The van der Waals surface area contributed by atoms with Crippen molar-refractivity contribution in [3.05, 3.63) is 58.5 Å². The number of aryl methyl sites for hydroxylation is 1. The third-order valence-electron chi connectivity index (χ3n) is 5.70. The normalized spacial score (nSPS) is 15.9. The van der Waals surface area contributed by atoms with Crippen LogP contribution in [0.4, 0.5) is 0 Å². The lowest BCUT2D eigenvalue weighted by Gasteiger charge is -2.35. The van der Waals surface area contributed by atoms with Crippen molar-refractivity contribution in [2.45, 2.75) is 31.2 Å². The maximum Gasteiger partial charge on any atom is 0.267 e. The number of amides is 1. The first kappa shape index (κ1) is 21.5. The second-order valence-corrected chi connectivity index (χ2v) is 9.02. The van der Waals surface area contributed by atoms with E-state index < -0.39 is 0 Å². The maximum atomic E-state index is 13.4. The molecule has 0 bridgehead atoms. The van der Waals surface area contributed by atoms with E-state index in [2.05, 4.69) is 16.8 Å². The van der Waals surface area contributed by atoms with Gasteiger partial charge in [-0.2, -0.15) is 0 Å². The minimum Gasteiger partial charge on any atom is -0.339 e. The minimum absolute atomic E-state index is 0.0763. The summed E-state index contributed by atoms with van der Waals surface area (Å²) < 4.78 is 1.54. The van der Waals surface area contributed by atoms with Crippen molar-refractivity contribution < 1.29 is 4.79 Å². The van der Waals surface area contributed by atoms with E-state index in [4.69, 9.17) is 4.98 Å². The average Bonchev–Trinajstić information content (AvgIpc) is 2.80. The summed E-state index contributed by atoms with van der Waals surface area (Å²) in [6.45, 7) is 10.2. The third-order valence-corrected chi connectivity index (χ3v) is 6.74. The summed E-state index contributed by atoms with van der Waals surface area (Å²) in [4.78, 5) is 40.0. The Labute approximate surface area is 186 Å². The number of benzene rings is 1. The van der Waals surface area contributed by atoms with Crippen LogP contribution in [-0.2, 0) is 4.79 Å². The van der Waals surface area contributed by atoms with E-state index in [-0.39, 0.29) is 16.7 Å². The highest BCUT2D eigenvalue weighted by Gasteiger charge is 2.27. The highest BCUT2D eigenvalue weighted by molar-refractivity contribution is 8.00. The number of nitrogens with zero attached hydrogens (tertiary/aromatic N) is 5. The predicted octanol–water partition coefficient (Wildman–Crippen LogP) is 2.73. The molecule has 31 heavy (non-hydrogen) atoms. The van der Waals surface area contributed by atoms with Gasteiger partial charge in [-0.3, -0.25) is 9.59 Å². The van der Waals surface area contributed by atoms with Gasteiger partial charge in [0, 0.05) is 32.4 Å². The first-order chi connectivity index (χ1) is 15.0. The number of para-hydroxylation sites is 1. The second-order valence-electron chi connectivity index (χ2n) is 7.72. The molecule has 162 valence electrons. The molecule has 0 aliphatic carbocycles. The number of hydrogen-bond donors (Lipinski definition) is 0. The number of carbonyl (C=O) groups excluding carboxylic acids is 1. The summed E-state index contributed by atoms with van der Waals surface area (Å²) in [6, 6.07) is 11.0. The molecule has 3 aromatic rings. The van der Waals surface area contributed by atoms with E-state index >= 15 is 0 Å². The molecule has 0 spiro atoms. The topological polar surface area (TPSA) is 71.3 Å². The predicted molar refractivity (Wildman–Crippen MR) is 124 cm³/mol. The van der Waals surface area contributed by atoms with Gasteiger partial charge in [0.1, 0.15) is 5.82 Å². The Bertz CT molecular complexity index is 1150. The van der Waals surface area contributed by atoms with Crippen LogP contribution in [-0.4, -0.2) is 68.2 Å². The van der Waals surface area contributed by atoms with Crippen molar-refractivity contribution in [1.82, 2.24) is 24.3 Å². The molecule has 1 amide bonds. The standard InChI is InChI=1S/C23H27N5O2S/c1-4-26-12-14-27(15-13-26)21(29)17(3)31-23-25-19-10-6-5-9-18(19)22(30)28(23)20-16(2)8-7-11-24-20/h5-11,17H,4,12-15H2,1-3H3. The van der Waals surface area contributed by atoms with Crippen LogP contribution in [0.15, 0.2) is 52.5 Å². The average molecular weight is 438 g/mol. The summed E-state index contributed by atoms with van der Waals surface area (Å²) >= 11 is 1.32. The Kier molecular flexibility index (Phi) is 6.38. The molecule has 7 nitrogen and oxygen atoms in total. The zero-order chi connectivity index (χ0) is 22.0. The summed E-state index contributed by atoms with van der Waals surface area (Å²) in [5.41, 5.74) is 1.32. The molecule has 1 aliphatic heterocycles. The number of aromatic nitrogens is 3. The Morgan fingerprint density at radius 3 is 2.58 bits per heavy atom. The van der Waals surface area contributed by atoms with Gasteiger partial charge >= 0.3 is 0 Å². The zero-order valence-corrected chi connectivity index (χ0v) is 18.9. The second kappa shape index (κ2) is 9.20. The molecule has 3 heterocycles. The van der Waals surface area contributed by atoms with Crippen LogP contribution in [0.1, 0.15) is 19.4 Å². The van der Waals surface area contributed by atoms with Gasteiger partial charge in [0.15, 0.2) is 5.16 Å². The molecule has 1 saturated heterocycles. The van der Waals surface area contributed by atoms with Crippen LogP contribution in [0.5, 0.6) is 0 Å². The molecule has 1 unspecified atom stereocenters. The lowest BCUT2D eigenvalue weighted by Crippen LogP contribution is -2.50. The maximum absolute atomic E-state index is 13.4. The molecule has 1 fully saturated rings. The molecule has 8 heteroatoms. The molecule has 0 radical (unpaired) electrons. The molecular weight excluding hydrogens is 410 g/mol. The first-order valence-electron chi connectivity index (χ1n) is 10.6. The number of pyridine rings is 1. The van der Waals surface area contributed by atoms with Gasteiger partial charge in [-0.25, -0.2) is 14.5 Å². The SMILES string of the molecule is CCN1CCN(C(=O)C(C)Sc2nc3ccccc3c(=O)n2-c2ncccc2C)CC1. The van der Waals surface area contributed by atoms with Crippen molar-refractivity contribution in [1.29, 1.82) is 0 Å². The number of likely N-dealkylation sites (N-methyl/N-ethyl adjacent to an activating group) is 1. The van der Waals surface area contributed by atoms with Crippen molar-refractivity contribution >= 4 is 28.6 Å². The monoisotopic (exact) mass is 437 g/mol. The van der Waals surface area contributed by atoms with Crippen molar-refractivity contribution in [3.8, 4) is 5.82 Å². The van der Waals surface area contributed by atoms with E-state index in [1.54, 1.807) is 16.8 Å². The lowest BCUT2D eigenvalue weighted by molar-refractivity contribution is -0.132. The van der Waals surface area contributed by atoms with E-state index in [0.717, 1.165) is 38.3 Å². The highest BCUT2D eigenvalue weighted by atomic mass is 32.2. The Morgan fingerprint density at radius 1 is 1.13 bits per heavy atom.